The number of amides is 1. The first-order valence-corrected chi connectivity index (χ1v) is 7.64. The summed E-state index contributed by atoms with van der Waals surface area (Å²) in [5.74, 6) is -0.861. The summed E-state index contributed by atoms with van der Waals surface area (Å²) in [6.07, 6.45) is -2.10. The lowest BCUT2D eigenvalue weighted by Gasteiger charge is -2.10. The molecule has 1 aromatic heterocycles. The number of anilines is 3. The number of halogens is 4. The lowest BCUT2D eigenvalue weighted by molar-refractivity contribution is -0.137. The van der Waals surface area contributed by atoms with Crippen molar-refractivity contribution in [3.8, 4) is 0 Å². The van der Waals surface area contributed by atoms with Crippen LogP contribution >= 0.6 is 0 Å². The molecule has 3 aromatic rings. The minimum Gasteiger partial charge on any atom is -0.339 e. The van der Waals surface area contributed by atoms with Gasteiger partial charge in [0.25, 0.3) is 5.91 Å². The fourth-order valence-electron chi connectivity index (χ4n) is 2.19. The Balaban J connectivity index is 1.69. The number of aromatic nitrogens is 2. The van der Waals surface area contributed by atoms with Crippen molar-refractivity contribution in [2.45, 2.75) is 6.18 Å². The number of benzene rings is 2. The van der Waals surface area contributed by atoms with E-state index in [2.05, 4.69) is 20.6 Å². The van der Waals surface area contributed by atoms with Crippen LogP contribution in [0.3, 0.4) is 0 Å². The number of hydrogen-bond donors (Lipinski definition) is 2. The van der Waals surface area contributed by atoms with Gasteiger partial charge in [-0.05, 0) is 36.4 Å². The van der Waals surface area contributed by atoms with E-state index in [4.69, 9.17) is 0 Å². The van der Waals surface area contributed by atoms with Gasteiger partial charge in [0.1, 0.15) is 17.3 Å². The minimum atomic E-state index is -4.51. The second-order valence-electron chi connectivity index (χ2n) is 5.45. The van der Waals surface area contributed by atoms with Crippen molar-refractivity contribution in [3.63, 3.8) is 0 Å². The van der Waals surface area contributed by atoms with Crippen LogP contribution in [-0.2, 0) is 6.18 Å². The van der Waals surface area contributed by atoms with Crippen LogP contribution in [0.5, 0.6) is 0 Å². The number of carbonyl (C=O) groups is 1. The fraction of sp³-hybridized carbons (Fsp3) is 0.0556. The maximum atomic E-state index is 13.1. The van der Waals surface area contributed by atoms with E-state index >= 15 is 0 Å². The van der Waals surface area contributed by atoms with Crippen molar-refractivity contribution in [1.29, 1.82) is 0 Å². The predicted octanol–water partition coefficient (Wildman–Crippen LogP) is 4.63. The van der Waals surface area contributed by atoms with Crippen LogP contribution < -0.4 is 10.6 Å². The molecule has 1 heterocycles. The fourth-order valence-corrected chi connectivity index (χ4v) is 2.19. The van der Waals surface area contributed by atoms with Crippen molar-refractivity contribution in [2.75, 3.05) is 10.6 Å². The van der Waals surface area contributed by atoms with Gasteiger partial charge in [0.15, 0.2) is 0 Å². The third-order valence-electron chi connectivity index (χ3n) is 3.43. The normalized spacial score (nSPS) is 11.1. The van der Waals surface area contributed by atoms with Gasteiger partial charge < -0.3 is 10.6 Å². The molecule has 0 fully saturated rings. The molecular weight excluding hydrogens is 364 g/mol. The first kappa shape index (κ1) is 18.3. The standard InChI is InChI=1S/C18H12F4N4O/c19-12-4-2-6-14(8-12)25-16-10-23-15(9-24-16)17(27)26-13-5-1-3-11(7-13)18(20,21)22/h1-10H,(H,24,25)(H,26,27). The zero-order valence-electron chi connectivity index (χ0n) is 13.6. The van der Waals surface area contributed by atoms with Crippen LogP contribution in [-0.4, -0.2) is 15.9 Å². The van der Waals surface area contributed by atoms with Gasteiger partial charge in [-0.15, -0.1) is 0 Å². The van der Waals surface area contributed by atoms with Crippen molar-refractivity contribution in [3.05, 3.63) is 78.0 Å². The summed E-state index contributed by atoms with van der Waals surface area (Å²) in [6.45, 7) is 0. The molecule has 0 aliphatic carbocycles. The average molecular weight is 376 g/mol. The molecule has 0 atom stereocenters. The second kappa shape index (κ2) is 7.40. The largest absolute Gasteiger partial charge is 0.416 e. The molecular formula is C18H12F4N4O. The minimum absolute atomic E-state index is 0.0152. The molecule has 0 unspecified atom stereocenters. The Labute approximate surface area is 151 Å². The van der Waals surface area contributed by atoms with Gasteiger partial charge in [-0.1, -0.05) is 12.1 Å². The molecule has 0 aliphatic heterocycles. The molecule has 2 N–H and O–H groups in total. The summed E-state index contributed by atoms with van der Waals surface area (Å²) in [6, 6.07) is 9.94. The topological polar surface area (TPSA) is 66.9 Å². The molecule has 3 rings (SSSR count). The Morgan fingerprint density at radius 2 is 1.67 bits per heavy atom. The summed E-state index contributed by atoms with van der Waals surface area (Å²) in [5, 5.41) is 5.15. The van der Waals surface area contributed by atoms with Gasteiger partial charge >= 0.3 is 6.18 Å². The van der Waals surface area contributed by atoms with Crippen molar-refractivity contribution in [1.82, 2.24) is 9.97 Å². The molecule has 138 valence electrons. The van der Waals surface area contributed by atoms with E-state index in [1.807, 2.05) is 0 Å². The van der Waals surface area contributed by atoms with E-state index in [1.54, 1.807) is 6.07 Å². The molecule has 0 saturated carbocycles. The predicted molar refractivity (Wildman–Crippen MR) is 91.1 cm³/mol. The van der Waals surface area contributed by atoms with E-state index in [1.165, 1.54) is 36.5 Å². The highest BCUT2D eigenvalue weighted by molar-refractivity contribution is 6.02. The van der Waals surface area contributed by atoms with Crippen LogP contribution in [0, 0.1) is 5.82 Å². The summed E-state index contributed by atoms with van der Waals surface area (Å²) in [5.41, 5.74) is -0.526. The van der Waals surface area contributed by atoms with Crippen molar-refractivity contribution in [2.24, 2.45) is 0 Å². The summed E-state index contributed by atoms with van der Waals surface area (Å²) >= 11 is 0. The lowest BCUT2D eigenvalue weighted by atomic mass is 10.2. The van der Waals surface area contributed by atoms with E-state index in [0.29, 0.717) is 5.69 Å². The third kappa shape index (κ3) is 4.78. The molecule has 27 heavy (non-hydrogen) atoms. The van der Waals surface area contributed by atoms with E-state index in [9.17, 15) is 22.4 Å². The quantitative estimate of drug-likeness (QED) is 0.652. The van der Waals surface area contributed by atoms with Gasteiger partial charge in [-0.3, -0.25) is 4.79 Å². The van der Waals surface area contributed by atoms with E-state index in [0.717, 1.165) is 18.3 Å². The molecule has 0 radical (unpaired) electrons. The van der Waals surface area contributed by atoms with E-state index < -0.39 is 23.5 Å². The number of nitrogens with one attached hydrogen (secondary N) is 2. The Kier molecular flexibility index (Phi) is 5.02. The van der Waals surface area contributed by atoms with Crippen LogP contribution in [0.1, 0.15) is 16.1 Å². The molecule has 9 heteroatoms. The Bertz CT molecular complexity index is 958. The second-order valence-corrected chi connectivity index (χ2v) is 5.45. The molecule has 2 aromatic carbocycles. The number of alkyl halides is 3. The Morgan fingerprint density at radius 3 is 2.33 bits per heavy atom. The zero-order valence-corrected chi connectivity index (χ0v) is 13.6. The molecule has 0 bridgehead atoms. The average Bonchev–Trinajstić information content (AvgIpc) is 2.62. The van der Waals surface area contributed by atoms with Gasteiger partial charge in [0.05, 0.1) is 18.0 Å². The number of rotatable bonds is 4. The highest BCUT2D eigenvalue weighted by atomic mass is 19.4. The molecule has 5 nitrogen and oxygen atoms in total. The highest BCUT2D eigenvalue weighted by Gasteiger charge is 2.30. The van der Waals surface area contributed by atoms with Crippen LogP contribution in [0.15, 0.2) is 60.9 Å². The Morgan fingerprint density at radius 1 is 0.926 bits per heavy atom. The monoisotopic (exact) mass is 376 g/mol. The first-order chi connectivity index (χ1) is 12.8. The Hall–Kier alpha value is -3.49. The van der Waals surface area contributed by atoms with E-state index in [-0.39, 0.29) is 17.2 Å². The number of nitrogens with zero attached hydrogens (tertiary/aromatic N) is 2. The maximum absolute atomic E-state index is 13.1. The first-order valence-electron chi connectivity index (χ1n) is 7.64. The van der Waals surface area contributed by atoms with Crippen molar-refractivity contribution < 1.29 is 22.4 Å². The summed E-state index contributed by atoms with van der Waals surface area (Å²) in [4.78, 5) is 20.0. The smallest absolute Gasteiger partial charge is 0.339 e. The van der Waals surface area contributed by atoms with Crippen LogP contribution in [0.25, 0.3) is 0 Å². The summed E-state index contributed by atoms with van der Waals surface area (Å²) < 4.78 is 51.3. The highest BCUT2D eigenvalue weighted by Crippen LogP contribution is 2.30. The van der Waals surface area contributed by atoms with Crippen LogP contribution in [0.2, 0.25) is 0 Å². The van der Waals surface area contributed by atoms with Gasteiger partial charge in [-0.2, -0.15) is 13.2 Å². The lowest BCUT2D eigenvalue weighted by Crippen LogP contribution is -2.15. The number of hydrogen-bond acceptors (Lipinski definition) is 4. The zero-order chi connectivity index (χ0) is 19.4. The SMILES string of the molecule is O=C(Nc1cccc(C(F)(F)F)c1)c1cnc(Nc2cccc(F)c2)cn1. The number of carbonyl (C=O) groups excluding carboxylic acids is 1. The van der Waals surface area contributed by atoms with Gasteiger partial charge in [0.2, 0.25) is 0 Å². The molecule has 0 spiro atoms. The summed E-state index contributed by atoms with van der Waals surface area (Å²) in [7, 11) is 0. The van der Waals surface area contributed by atoms with Crippen molar-refractivity contribution >= 4 is 23.1 Å². The molecule has 0 aliphatic rings. The van der Waals surface area contributed by atoms with Crippen LogP contribution in [0.4, 0.5) is 34.8 Å². The molecule has 0 saturated heterocycles. The molecule has 1 amide bonds. The van der Waals surface area contributed by atoms with Gasteiger partial charge in [-0.25, -0.2) is 14.4 Å². The van der Waals surface area contributed by atoms with Gasteiger partial charge in [0, 0.05) is 11.4 Å². The maximum Gasteiger partial charge on any atom is 0.416 e. The third-order valence-corrected chi connectivity index (χ3v) is 3.43.